The Morgan fingerprint density at radius 1 is 1.14 bits per heavy atom. The van der Waals surface area contributed by atoms with E-state index in [1.54, 1.807) is 12.1 Å². The van der Waals surface area contributed by atoms with Gasteiger partial charge in [-0.25, -0.2) is 14.2 Å². The van der Waals surface area contributed by atoms with Crippen LogP contribution in [-0.4, -0.2) is 84.3 Å². The minimum Gasteiger partial charge on any atom is -0.479 e. The molecule has 0 radical (unpaired) electrons. The number of aliphatic hydroxyl groups is 2. The molecule has 224 valence electrons. The van der Waals surface area contributed by atoms with Crippen LogP contribution in [-0.2, 0) is 9.59 Å². The fraction of sp³-hybridized carbons (Fsp3) is 0.276. The Kier molecular flexibility index (Phi) is 8.23. The quantitative estimate of drug-likeness (QED) is 0.132. The van der Waals surface area contributed by atoms with Gasteiger partial charge in [-0.15, -0.1) is 0 Å². The Morgan fingerprint density at radius 3 is 2.70 bits per heavy atom. The van der Waals surface area contributed by atoms with E-state index in [2.05, 4.69) is 20.3 Å². The van der Waals surface area contributed by atoms with Gasteiger partial charge in [0.25, 0.3) is 11.5 Å². The van der Waals surface area contributed by atoms with E-state index in [4.69, 9.17) is 5.73 Å². The van der Waals surface area contributed by atoms with Crippen molar-refractivity contribution in [3.8, 4) is 11.4 Å². The first-order valence-corrected chi connectivity index (χ1v) is 13.5. The molecule has 0 saturated carbocycles. The van der Waals surface area contributed by atoms with Gasteiger partial charge < -0.3 is 41.2 Å². The number of pyridine rings is 1. The number of hydrogen-bond acceptors (Lipinski definition) is 8. The van der Waals surface area contributed by atoms with Crippen molar-refractivity contribution >= 4 is 45.4 Å². The van der Waals surface area contributed by atoms with Crippen molar-refractivity contribution in [2.45, 2.75) is 37.5 Å². The number of aromatic nitrogens is 3. The first kappa shape index (κ1) is 29.4. The zero-order valence-electron chi connectivity index (χ0n) is 22.7. The number of hydrogen-bond donors (Lipinski definition) is 7. The average Bonchev–Trinajstić information content (AvgIpc) is 3.60. The first-order valence-electron chi connectivity index (χ1n) is 13.5. The van der Waals surface area contributed by atoms with Crippen molar-refractivity contribution in [1.29, 1.82) is 0 Å². The second kappa shape index (κ2) is 12.0. The number of benzene rings is 2. The van der Waals surface area contributed by atoms with Gasteiger partial charge >= 0.3 is 5.97 Å². The van der Waals surface area contributed by atoms with E-state index in [0.29, 0.717) is 11.0 Å². The number of halogens is 1. The third kappa shape index (κ3) is 6.10. The van der Waals surface area contributed by atoms with Crippen LogP contribution in [0, 0.1) is 5.82 Å². The molecule has 1 aliphatic rings. The smallest absolute Gasteiger partial charge is 0.330 e. The molecular formula is C29H29FN6O7. The Hall–Kier alpha value is -5.08. The molecule has 14 heteroatoms. The van der Waals surface area contributed by atoms with Gasteiger partial charge in [0.05, 0.1) is 46.3 Å². The highest BCUT2D eigenvalue weighted by Crippen LogP contribution is 2.30. The van der Waals surface area contributed by atoms with Crippen molar-refractivity contribution < 1.29 is 34.1 Å². The third-order valence-corrected chi connectivity index (χ3v) is 7.26. The number of rotatable bonds is 10. The molecule has 3 atom stereocenters. The molecule has 2 amide bonds. The number of fused-ring (bicyclic) bond motifs is 2. The van der Waals surface area contributed by atoms with Crippen LogP contribution in [0.5, 0.6) is 0 Å². The van der Waals surface area contributed by atoms with Crippen LogP contribution >= 0.6 is 0 Å². The fourth-order valence-electron chi connectivity index (χ4n) is 5.12. The van der Waals surface area contributed by atoms with Gasteiger partial charge in [0.2, 0.25) is 5.91 Å². The summed E-state index contributed by atoms with van der Waals surface area (Å²) in [6.07, 6.45) is 0.368. The number of carboxylic acids is 1. The number of anilines is 1. The molecule has 0 aliphatic carbocycles. The summed E-state index contributed by atoms with van der Waals surface area (Å²) < 4.78 is 14.4. The van der Waals surface area contributed by atoms with Crippen LogP contribution in [0.2, 0.25) is 0 Å². The standard InChI is InChI=1S/C29H29FN6O7/c30-17-3-1-4-19-23(17)25(31)24(28(41)35-19)26-33-18-7-6-14(11-20(18)34-26)27(40)32-9-8-15(37)12-16(38)13-22(39)36-10-2-5-21(36)29(42)43/h1-7,11,15-16,21,37-38H,8-10,12-13H2,(H,32,40)(H,33,34)(H,42,43)(H3,31,35,41)/t15-,16-,21?/m1/s1. The Labute approximate surface area is 242 Å². The van der Waals surface area contributed by atoms with Crippen LogP contribution < -0.4 is 16.6 Å². The highest BCUT2D eigenvalue weighted by atomic mass is 19.1. The summed E-state index contributed by atoms with van der Waals surface area (Å²) in [4.78, 5) is 60.2. The topological polar surface area (TPSA) is 215 Å². The van der Waals surface area contributed by atoms with Crippen molar-refractivity contribution in [1.82, 2.24) is 25.2 Å². The van der Waals surface area contributed by atoms with E-state index >= 15 is 0 Å². The molecule has 43 heavy (non-hydrogen) atoms. The number of carbonyl (C=O) groups is 3. The number of aromatic amines is 2. The summed E-state index contributed by atoms with van der Waals surface area (Å²) in [5.74, 6) is -2.64. The minimum absolute atomic E-state index is 0.0310. The lowest BCUT2D eigenvalue weighted by Gasteiger charge is -2.23. The highest BCUT2D eigenvalue weighted by molar-refractivity contribution is 6.00. The summed E-state index contributed by atoms with van der Waals surface area (Å²) in [5.41, 5.74) is 6.90. The molecule has 5 rings (SSSR count). The summed E-state index contributed by atoms with van der Waals surface area (Å²) in [5, 5.41) is 32.4. The normalized spacial score (nSPS) is 16.1. The lowest BCUT2D eigenvalue weighted by molar-refractivity contribution is -0.147. The van der Waals surface area contributed by atoms with Crippen LogP contribution in [0.15, 0.2) is 53.3 Å². The maximum atomic E-state index is 14.4. The van der Waals surface area contributed by atoms with E-state index in [0.717, 1.165) is 4.90 Å². The molecule has 1 aliphatic heterocycles. The number of nitrogens with two attached hydrogens (primary N) is 1. The van der Waals surface area contributed by atoms with Crippen LogP contribution in [0.25, 0.3) is 33.3 Å². The lowest BCUT2D eigenvalue weighted by atomic mass is 10.1. The number of carboxylic acid groups (broad SMARTS) is 1. The molecule has 3 heterocycles. The molecule has 0 saturated heterocycles. The monoisotopic (exact) mass is 592 g/mol. The summed E-state index contributed by atoms with van der Waals surface area (Å²) in [7, 11) is 0. The first-order chi connectivity index (χ1) is 20.5. The average molecular weight is 593 g/mol. The highest BCUT2D eigenvalue weighted by Gasteiger charge is 2.31. The van der Waals surface area contributed by atoms with Crippen molar-refractivity contribution in [2.24, 2.45) is 0 Å². The predicted octanol–water partition coefficient (Wildman–Crippen LogP) is 1.27. The third-order valence-electron chi connectivity index (χ3n) is 7.26. The molecule has 13 nitrogen and oxygen atoms in total. The zero-order chi connectivity index (χ0) is 30.8. The number of aliphatic carboxylic acids is 1. The van der Waals surface area contributed by atoms with Gasteiger partial charge in [0, 0.05) is 18.7 Å². The van der Waals surface area contributed by atoms with Gasteiger partial charge in [0.1, 0.15) is 23.2 Å². The maximum absolute atomic E-state index is 14.4. The maximum Gasteiger partial charge on any atom is 0.330 e. The molecule has 0 fully saturated rings. The second-order valence-electron chi connectivity index (χ2n) is 10.3. The number of carbonyl (C=O) groups excluding carboxylic acids is 2. The van der Waals surface area contributed by atoms with Gasteiger partial charge in [0.15, 0.2) is 0 Å². The van der Waals surface area contributed by atoms with Gasteiger partial charge in [-0.3, -0.25) is 14.4 Å². The van der Waals surface area contributed by atoms with Crippen molar-refractivity contribution in [2.75, 3.05) is 18.8 Å². The number of nitrogens with one attached hydrogen (secondary N) is 3. The van der Waals surface area contributed by atoms with Gasteiger partial charge in [-0.05, 0) is 43.2 Å². The van der Waals surface area contributed by atoms with Crippen LogP contribution in [0.1, 0.15) is 29.6 Å². The Morgan fingerprint density at radius 2 is 1.93 bits per heavy atom. The minimum atomic E-state index is -1.19. The molecule has 8 N–H and O–H groups in total. The SMILES string of the molecule is Nc1c(-c2nc3ccc(C(=O)NCC[C@@H](O)C[C@@H](O)CC(=O)N4CC=CC4C(=O)O)cc3[nH]2)c(=O)[nH]c2cccc(F)c12. The Balaban J connectivity index is 1.18. The van der Waals surface area contributed by atoms with E-state index in [9.17, 15) is 38.9 Å². The predicted molar refractivity (Wildman–Crippen MR) is 155 cm³/mol. The largest absolute Gasteiger partial charge is 0.479 e. The van der Waals surface area contributed by atoms with Gasteiger partial charge in [-0.1, -0.05) is 18.2 Å². The number of nitrogen functional groups attached to an aromatic ring is 1. The zero-order valence-corrected chi connectivity index (χ0v) is 22.7. The van der Waals surface area contributed by atoms with Crippen molar-refractivity contribution in [3.05, 3.63) is 70.3 Å². The van der Waals surface area contributed by atoms with Crippen LogP contribution in [0.4, 0.5) is 10.1 Å². The fourth-order valence-corrected chi connectivity index (χ4v) is 5.12. The van der Waals surface area contributed by atoms with Gasteiger partial charge in [-0.2, -0.15) is 0 Å². The summed E-state index contributed by atoms with van der Waals surface area (Å²) >= 11 is 0. The number of nitrogens with zero attached hydrogens (tertiary/aromatic N) is 2. The van der Waals surface area contributed by atoms with E-state index < -0.39 is 47.4 Å². The van der Waals surface area contributed by atoms with Crippen LogP contribution in [0.3, 0.4) is 0 Å². The lowest BCUT2D eigenvalue weighted by Crippen LogP contribution is -2.42. The number of H-pyrrole nitrogens is 2. The molecule has 0 spiro atoms. The van der Waals surface area contributed by atoms with E-state index in [-0.39, 0.29) is 65.9 Å². The second-order valence-corrected chi connectivity index (χ2v) is 10.3. The number of imidazole rings is 1. The number of aliphatic hydroxyl groups excluding tert-OH is 2. The van der Waals surface area contributed by atoms with E-state index in [1.807, 2.05) is 0 Å². The summed E-state index contributed by atoms with van der Waals surface area (Å²) in [6, 6.07) is 7.78. The molecular weight excluding hydrogens is 563 g/mol. The summed E-state index contributed by atoms with van der Waals surface area (Å²) in [6.45, 7) is 0.206. The molecule has 2 aromatic carbocycles. The Bertz CT molecular complexity index is 1820. The molecule has 2 aromatic heterocycles. The van der Waals surface area contributed by atoms with E-state index in [1.165, 1.54) is 36.4 Å². The van der Waals surface area contributed by atoms with Crippen molar-refractivity contribution in [3.63, 3.8) is 0 Å². The molecule has 1 unspecified atom stereocenters. The number of amides is 2. The molecule has 4 aromatic rings. The molecule has 0 bridgehead atoms.